The molecule has 2 aromatic rings. The molecule has 2 heterocycles. The monoisotopic (exact) mass is 324 g/mol. The molecule has 0 bridgehead atoms. The summed E-state index contributed by atoms with van der Waals surface area (Å²) in [6, 6.07) is 10.8. The standard InChI is InChI=1S/C18H20N4O2/c1-13(23)21-16-6-4-14(5-7-16)18(24)22-10-9-20-12-17(22)15-3-2-8-19-11-15/h2-8,11,17,20H,9-10,12H2,1H3,(H,21,23). The third kappa shape index (κ3) is 3.60. The third-order valence-corrected chi connectivity index (χ3v) is 4.03. The zero-order valence-corrected chi connectivity index (χ0v) is 13.5. The number of anilines is 1. The van der Waals surface area contributed by atoms with Gasteiger partial charge in [0.2, 0.25) is 5.91 Å². The molecule has 1 aliphatic rings. The Hall–Kier alpha value is -2.73. The number of carbonyl (C=O) groups excluding carboxylic acids is 2. The highest BCUT2D eigenvalue weighted by molar-refractivity contribution is 5.95. The highest BCUT2D eigenvalue weighted by Crippen LogP contribution is 2.24. The minimum Gasteiger partial charge on any atom is -0.329 e. The molecule has 2 N–H and O–H groups in total. The minimum atomic E-state index is -0.132. The van der Waals surface area contributed by atoms with Crippen LogP contribution in [0, 0.1) is 0 Å². The molecule has 1 aliphatic heterocycles. The maximum absolute atomic E-state index is 12.9. The summed E-state index contributed by atoms with van der Waals surface area (Å²) in [4.78, 5) is 30.0. The first-order chi connectivity index (χ1) is 11.6. The van der Waals surface area contributed by atoms with Gasteiger partial charge in [-0.2, -0.15) is 0 Å². The summed E-state index contributed by atoms with van der Waals surface area (Å²) in [6.45, 7) is 3.58. The molecule has 3 rings (SSSR count). The number of carbonyl (C=O) groups is 2. The second-order valence-electron chi connectivity index (χ2n) is 5.76. The van der Waals surface area contributed by atoms with Crippen molar-refractivity contribution in [3.05, 3.63) is 59.9 Å². The van der Waals surface area contributed by atoms with E-state index in [4.69, 9.17) is 0 Å². The van der Waals surface area contributed by atoms with Crippen LogP contribution < -0.4 is 10.6 Å². The summed E-state index contributed by atoms with van der Waals surface area (Å²) in [7, 11) is 0. The molecular formula is C18H20N4O2. The van der Waals surface area contributed by atoms with Crippen LogP contribution in [0.1, 0.15) is 28.9 Å². The predicted molar refractivity (Wildman–Crippen MR) is 91.6 cm³/mol. The number of nitrogens with one attached hydrogen (secondary N) is 2. The molecule has 0 spiro atoms. The Balaban J connectivity index is 1.80. The van der Waals surface area contributed by atoms with E-state index in [1.165, 1.54) is 6.92 Å². The SMILES string of the molecule is CC(=O)Nc1ccc(C(=O)N2CCNCC2c2cccnc2)cc1. The van der Waals surface area contributed by atoms with Crippen LogP contribution in [0.25, 0.3) is 0 Å². The number of benzene rings is 1. The number of nitrogens with zero attached hydrogens (tertiary/aromatic N) is 2. The normalized spacial score (nSPS) is 17.4. The summed E-state index contributed by atoms with van der Waals surface area (Å²) in [5.74, 6) is -0.146. The Labute approximate surface area is 140 Å². The van der Waals surface area contributed by atoms with Crippen LogP contribution >= 0.6 is 0 Å². The maximum atomic E-state index is 12.9. The Bertz CT molecular complexity index is 716. The Morgan fingerprint density at radius 1 is 1.25 bits per heavy atom. The highest BCUT2D eigenvalue weighted by Gasteiger charge is 2.28. The Morgan fingerprint density at radius 3 is 2.71 bits per heavy atom. The van der Waals surface area contributed by atoms with Crippen molar-refractivity contribution in [2.45, 2.75) is 13.0 Å². The topological polar surface area (TPSA) is 74.3 Å². The van der Waals surface area contributed by atoms with Crippen molar-refractivity contribution in [2.75, 3.05) is 25.0 Å². The number of hydrogen-bond acceptors (Lipinski definition) is 4. The van der Waals surface area contributed by atoms with E-state index in [-0.39, 0.29) is 17.9 Å². The van der Waals surface area contributed by atoms with Crippen LogP contribution in [-0.4, -0.2) is 41.3 Å². The fourth-order valence-electron chi connectivity index (χ4n) is 2.88. The van der Waals surface area contributed by atoms with Crippen molar-refractivity contribution in [3.8, 4) is 0 Å². The van der Waals surface area contributed by atoms with Crippen LogP contribution in [0.15, 0.2) is 48.8 Å². The van der Waals surface area contributed by atoms with E-state index in [9.17, 15) is 9.59 Å². The maximum Gasteiger partial charge on any atom is 0.254 e. The minimum absolute atomic E-state index is 0.0141. The molecule has 0 aliphatic carbocycles. The number of amides is 2. The Kier molecular flexibility index (Phi) is 4.86. The number of piperazine rings is 1. The van der Waals surface area contributed by atoms with E-state index in [0.717, 1.165) is 12.1 Å². The summed E-state index contributed by atoms with van der Waals surface area (Å²) >= 11 is 0. The van der Waals surface area contributed by atoms with Crippen LogP contribution in [-0.2, 0) is 4.79 Å². The second-order valence-corrected chi connectivity index (χ2v) is 5.76. The molecular weight excluding hydrogens is 304 g/mol. The van der Waals surface area contributed by atoms with Crippen LogP contribution in [0.5, 0.6) is 0 Å². The smallest absolute Gasteiger partial charge is 0.254 e. The molecule has 124 valence electrons. The molecule has 24 heavy (non-hydrogen) atoms. The molecule has 1 aromatic heterocycles. The summed E-state index contributed by atoms with van der Waals surface area (Å²) in [6.07, 6.45) is 3.53. The van der Waals surface area contributed by atoms with Gasteiger partial charge in [0.05, 0.1) is 6.04 Å². The van der Waals surface area contributed by atoms with E-state index in [1.54, 1.807) is 36.7 Å². The van der Waals surface area contributed by atoms with Crippen LogP contribution in [0.2, 0.25) is 0 Å². The van der Waals surface area contributed by atoms with Gasteiger partial charge < -0.3 is 15.5 Å². The van der Waals surface area contributed by atoms with Gasteiger partial charge in [-0.25, -0.2) is 0 Å². The van der Waals surface area contributed by atoms with Gasteiger partial charge in [0.1, 0.15) is 0 Å². The van der Waals surface area contributed by atoms with E-state index in [2.05, 4.69) is 15.6 Å². The third-order valence-electron chi connectivity index (χ3n) is 4.03. The lowest BCUT2D eigenvalue weighted by atomic mass is 10.0. The molecule has 1 saturated heterocycles. The number of hydrogen-bond donors (Lipinski definition) is 2. The fraction of sp³-hybridized carbons (Fsp3) is 0.278. The quantitative estimate of drug-likeness (QED) is 0.903. The van der Waals surface area contributed by atoms with Gasteiger partial charge in [0, 0.05) is 50.2 Å². The van der Waals surface area contributed by atoms with Crippen molar-refractivity contribution >= 4 is 17.5 Å². The largest absolute Gasteiger partial charge is 0.329 e. The van der Waals surface area contributed by atoms with Gasteiger partial charge in [-0.3, -0.25) is 14.6 Å². The van der Waals surface area contributed by atoms with Crippen molar-refractivity contribution in [1.29, 1.82) is 0 Å². The van der Waals surface area contributed by atoms with Gasteiger partial charge in [-0.05, 0) is 35.9 Å². The average molecular weight is 324 g/mol. The predicted octanol–water partition coefficient (Wildman–Crippen LogP) is 1.83. The van der Waals surface area contributed by atoms with Crippen LogP contribution in [0.3, 0.4) is 0 Å². The Morgan fingerprint density at radius 2 is 2.04 bits per heavy atom. The molecule has 1 atom stereocenters. The molecule has 1 unspecified atom stereocenters. The number of aromatic nitrogens is 1. The molecule has 6 nitrogen and oxygen atoms in total. The van der Waals surface area contributed by atoms with Gasteiger partial charge in [-0.1, -0.05) is 6.07 Å². The van der Waals surface area contributed by atoms with Crippen molar-refractivity contribution < 1.29 is 9.59 Å². The van der Waals surface area contributed by atoms with Gasteiger partial charge in [-0.15, -0.1) is 0 Å². The zero-order valence-electron chi connectivity index (χ0n) is 13.5. The second kappa shape index (κ2) is 7.23. The lowest BCUT2D eigenvalue weighted by Gasteiger charge is -2.36. The summed E-state index contributed by atoms with van der Waals surface area (Å²) < 4.78 is 0. The fourth-order valence-corrected chi connectivity index (χ4v) is 2.88. The lowest BCUT2D eigenvalue weighted by molar-refractivity contribution is -0.114. The first-order valence-corrected chi connectivity index (χ1v) is 7.94. The molecule has 2 amide bonds. The van der Waals surface area contributed by atoms with E-state index in [0.29, 0.717) is 24.3 Å². The van der Waals surface area contributed by atoms with Crippen LogP contribution in [0.4, 0.5) is 5.69 Å². The van der Waals surface area contributed by atoms with Gasteiger partial charge in [0.15, 0.2) is 0 Å². The van der Waals surface area contributed by atoms with E-state index < -0.39 is 0 Å². The van der Waals surface area contributed by atoms with Gasteiger partial charge in [0.25, 0.3) is 5.91 Å². The molecule has 1 aromatic carbocycles. The molecule has 1 fully saturated rings. The number of rotatable bonds is 3. The summed E-state index contributed by atoms with van der Waals surface area (Å²) in [5.41, 5.74) is 2.32. The first-order valence-electron chi connectivity index (χ1n) is 7.94. The van der Waals surface area contributed by atoms with Gasteiger partial charge >= 0.3 is 0 Å². The zero-order chi connectivity index (χ0) is 16.9. The lowest BCUT2D eigenvalue weighted by Crippen LogP contribution is -2.48. The molecule has 0 radical (unpaired) electrons. The molecule has 0 saturated carbocycles. The van der Waals surface area contributed by atoms with Crippen molar-refractivity contribution in [3.63, 3.8) is 0 Å². The first kappa shape index (κ1) is 16.1. The number of pyridine rings is 1. The summed E-state index contributed by atoms with van der Waals surface area (Å²) in [5, 5.41) is 6.03. The molecule has 6 heteroatoms. The van der Waals surface area contributed by atoms with Crippen molar-refractivity contribution in [2.24, 2.45) is 0 Å². The average Bonchev–Trinajstić information content (AvgIpc) is 2.62. The van der Waals surface area contributed by atoms with E-state index >= 15 is 0 Å². The van der Waals surface area contributed by atoms with E-state index in [1.807, 2.05) is 17.0 Å². The van der Waals surface area contributed by atoms with Crippen molar-refractivity contribution in [1.82, 2.24) is 15.2 Å². The highest BCUT2D eigenvalue weighted by atomic mass is 16.2.